The molecule has 1 fully saturated rings. The van der Waals surface area contributed by atoms with Crippen LogP contribution in [0, 0.1) is 0 Å². The molecule has 0 saturated heterocycles. The summed E-state index contributed by atoms with van der Waals surface area (Å²) in [4.78, 5) is 12.0. The number of rotatable bonds is 5. The van der Waals surface area contributed by atoms with Gasteiger partial charge in [-0.2, -0.15) is 0 Å². The topological polar surface area (TPSA) is 85.8 Å². The minimum Gasteiger partial charge on any atom is -0.368 e. The summed E-state index contributed by atoms with van der Waals surface area (Å²) in [5, 5.41) is 11.9. The molecule has 0 aliphatic heterocycles. The van der Waals surface area contributed by atoms with Crippen molar-refractivity contribution >= 4 is 40.9 Å². The summed E-state index contributed by atoms with van der Waals surface area (Å²) in [6.07, 6.45) is 2.17. The third-order valence-corrected chi connectivity index (χ3v) is 4.36. The molecule has 1 heterocycles. The molecule has 6 nitrogen and oxygen atoms in total. The van der Waals surface area contributed by atoms with Gasteiger partial charge >= 0.3 is 0 Å². The van der Waals surface area contributed by atoms with E-state index in [1.165, 1.54) is 11.8 Å². The Kier molecular flexibility index (Phi) is 4.03. The molecule has 2 aromatic rings. The summed E-state index contributed by atoms with van der Waals surface area (Å²) in [7, 11) is 0. The van der Waals surface area contributed by atoms with Gasteiger partial charge in [-0.05, 0) is 25.0 Å². The van der Waals surface area contributed by atoms with Crippen molar-refractivity contribution in [2.24, 2.45) is 0 Å². The molecule has 3 N–H and O–H groups in total. The zero-order valence-corrected chi connectivity index (χ0v) is 12.7. The van der Waals surface area contributed by atoms with E-state index < -0.39 is 0 Å². The van der Waals surface area contributed by atoms with Gasteiger partial charge < -0.3 is 11.1 Å². The Morgan fingerprint density at radius 2 is 2.19 bits per heavy atom. The van der Waals surface area contributed by atoms with Gasteiger partial charge in [-0.25, -0.2) is 0 Å². The standard InChI is InChI=1S/C13H14ClN5OS/c14-9-3-1-2-4-10(9)16-11(20)7-21-13-18-17-12(15)19(13)8-5-6-8/h1-4,8H,5-7H2,(H2,15,17)(H,16,20). The Balaban J connectivity index is 1.60. The molecule has 1 aromatic heterocycles. The number of amides is 1. The average molecular weight is 324 g/mol. The number of aromatic nitrogens is 3. The van der Waals surface area contributed by atoms with E-state index in [4.69, 9.17) is 17.3 Å². The number of carbonyl (C=O) groups is 1. The lowest BCUT2D eigenvalue weighted by molar-refractivity contribution is -0.113. The van der Waals surface area contributed by atoms with Crippen LogP contribution in [-0.2, 0) is 4.79 Å². The predicted molar refractivity (Wildman–Crippen MR) is 83.5 cm³/mol. The molecule has 8 heteroatoms. The quantitative estimate of drug-likeness (QED) is 0.826. The highest BCUT2D eigenvalue weighted by Crippen LogP contribution is 2.39. The normalized spacial score (nSPS) is 14.1. The number of nitrogens with one attached hydrogen (secondary N) is 1. The third-order valence-electron chi connectivity index (χ3n) is 3.08. The molecule has 0 unspecified atom stereocenters. The van der Waals surface area contributed by atoms with E-state index >= 15 is 0 Å². The van der Waals surface area contributed by atoms with E-state index in [1.54, 1.807) is 12.1 Å². The van der Waals surface area contributed by atoms with Crippen molar-refractivity contribution < 1.29 is 4.79 Å². The molecule has 0 bridgehead atoms. The fourth-order valence-corrected chi connectivity index (χ4v) is 2.94. The second kappa shape index (κ2) is 5.95. The number of thioether (sulfide) groups is 1. The van der Waals surface area contributed by atoms with Crippen molar-refractivity contribution in [2.75, 3.05) is 16.8 Å². The maximum Gasteiger partial charge on any atom is 0.234 e. The number of hydrogen-bond acceptors (Lipinski definition) is 5. The number of halogens is 1. The van der Waals surface area contributed by atoms with Gasteiger partial charge in [0.25, 0.3) is 0 Å². The predicted octanol–water partition coefficient (Wildman–Crippen LogP) is 2.58. The molecule has 0 atom stereocenters. The molecule has 1 amide bonds. The van der Waals surface area contributed by atoms with E-state index in [1.807, 2.05) is 16.7 Å². The number of hydrogen-bond donors (Lipinski definition) is 2. The lowest BCUT2D eigenvalue weighted by Crippen LogP contribution is -2.15. The molecule has 21 heavy (non-hydrogen) atoms. The number of nitrogens with two attached hydrogens (primary N) is 1. The first-order valence-electron chi connectivity index (χ1n) is 6.52. The van der Waals surface area contributed by atoms with Crippen LogP contribution >= 0.6 is 23.4 Å². The van der Waals surface area contributed by atoms with Crippen LogP contribution < -0.4 is 11.1 Å². The molecule has 1 saturated carbocycles. The number of para-hydroxylation sites is 1. The fraction of sp³-hybridized carbons (Fsp3) is 0.308. The van der Waals surface area contributed by atoms with Crippen molar-refractivity contribution in [1.29, 1.82) is 0 Å². The van der Waals surface area contributed by atoms with Gasteiger partial charge in [0.15, 0.2) is 5.16 Å². The second-order valence-electron chi connectivity index (χ2n) is 4.76. The Labute approximate surface area is 131 Å². The average Bonchev–Trinajstić information content (AvgIpc) is 3.23. The van der Waals surface area contributed by atoms with E-state index in [0.717, 1.165) is 12.8 Å². The first-order chi connectivity index (χ1) is 10.1. The SMILES string of the molecule is Nc1nnc(SCC(=O)Nc2ccccc2Cl)n1C1CC1. The number of nitrogens with zero attached hydrogens (tertiary/aromatic N) is 3. The number of carbonyl (C=O) groups excluding carboxylic acids is 1. The Morgan fingerprint density at radius 1 is 1.43 bits per heavy atom. The summed E-state index contributed by atoms with van der Waals surface area (Å²) < 4.78 is 1.90. The number of anilines is 2. The first kappa shape index (κ1) is 14.2. The third kappa shape index (κ3) is 3.30. The highest BCUT2D eigenvalue weighted by atomic mass is 35.5. The molecular formula is C13H14ClN5OS. The summed E-state index contributed by atoms with van der Waals surface area (Å²) in [6.45, 7) is 0. The van der Waals surface area contributed by atoms with Crippen LogP contribution in [0.25, 0.3) is 0 Å². The smallest absolute Gasteiger partial charge is 0.234 e. The molecular weight excluding hydrogens is 310 g/mol. The zero-order chi connectivity index (χ0) is 14.8. The monoisotopic (exact) mass is 323 g/mol. The summed E-state index contributed by atoms with van der Waals surface area (Å²) >= 11 is 7.32. The number of nitrogen functional groups attached to an aromatic ring is 1. The molecule has 0 radical (unpaired) electrons. The Morgan fingerprint density at radius 3 is 2.90 bits per heavy atom. The van der Waals surface area contributed by atoms with Crippen molar-refractivity contribution in [3.8, 4) is 0 Å². The highest BCUT2D eigenvalue weighted by Gasteiger charge is 2.29. The van der Waals surface area contributed by atoms with Crippen LogP contribution in [0.2, 0.25) is 5.02 Å². The molecule has 1 aliphatic rings. The van der Waals surface area contributed by atoms with Crippen LogP contribution in [0.3, 0.4) is 0 Å². The van der Waals surface area contributed by atoms with Crippen LogP contribution in [0.5, 0.6) is 0 Å². The van der Waals surface area contributed by atoms with Crippen LogP contribution in [0.1, 0.15) is 18.9 Å². The molecule has 110 valence electrons. The molecule has 0 spiro atoms. The van der Waals surface area contributed by atoms with Crippen molar-refractivity contribution in [3.63, 3.8) is 0 Å². The first-order valence-corrected chi connectivity index (χ1v) is 7.89. The van der Waals surface area contributed by atoms with Gasteiger partial charge in [0, 0.05) is 6.04 Å². The largest absolute Gasteiger partial charge is 0.368 e. The highest BCUT2D eigenvalue weighted by molar-refractivity contribution is 7.99. The van der Waals surface area contributed by atoms with Gasteiger partial charge in [0.1, 0.15) is 0 Å². The van der Waals surface area contributed by atoms with Crippen LogP contribution in [0.15, 0.2) is 29.4 Å². The zero-order valence-electron chi connectivity index (χ0n) is 11.1. The van der Waals surface area contributed by atoms with Gasteiger partial charge in [-0.15, -0.1) is 10.2 Å². The van der Waals surface area contributed by atoms with E-state index in [9.17, 15) is 4.79 Å². The van der Waals surface area contributed by atoms with Crippen LogP contribution in [-0.4, -0.2) is 26.4 Å². The molecule has 1 aromatic carbocycles. The lowest BCUT2D eigenvalue weighted by Gasteiger charge is -2.07. The Bertz CT molecular complexity index is 670. The summed E-state index contributed by atoms with van der Waals surface area (Å²) in [5.74, 6) is 0.499. The van der Waals surface area contributed by atoms with Gasteiger partial charge in [-0.1, -0.05) is 35.5 Å². The lowest BCUT2D eigenvalue weighted by atomic mass is 10.3. The van der Waals surface area contributed by atoms with Gasteiger partial charge in [0.05, 0.1) is 16.5 Å². The maximum atomic E-state index is 12.0. The number of benzene rings is 1. The van der Waals surface area contributed by atoms with E-state index in [-0.39, 0.29) is 11.7 Å². The molecule has 3 rings (SSSR count). The van der Waals surface area contributed by atoms with Crippen molar-refractivity contribution in [1.82, 2.24) is 14.8 Å². The summed E-state index contributed by atoms with van der Waals surface area (Å²) in [6, 6.07) is 7.51. The van der Waals surface area contributed by atoms with Gasteiger partial charge in [-0.3, -0.25) is 9.36 Å². The Hall–Kier alpha value is -1.73. The van der Waals surface area contributed by atoms with E-state index in [2.05, 4.69) is 15.5 Å². The van der Waals surface area contributed by atoms with Crippen molar-refractivity contribution in [3.05, 3.63) is 29.3 Å². The van der Waals surface area contributed by atoms with E-state index in [0.29, 0.717) is 27.9 Å². The van der Waals surface area contributed by atoms with Crippen molar-refractivity contribution in [2.45, 2.75) is 24.0 Å². The summed E-state index contributed by atoms with van der Waals surface area (Å²) in [5.41, 5.74) is 6.39. The minimum atomic E-state index is -0.142. The minimum absolute atomic E-state index is 0.142. The maximum absolute atomic E-state index is 12.0. The van der Waals surface area contributed by atoms with Gasteiger partial charge in [0.2, 0.25) is 11.9 Å². The second-order valence-corrected chi connectivity index (χ2v) is 6.11. The fourth-order valence-electron chi connectivity index (χ4n) is 1.94. The van der Waals surface area contributed by atoms with Crippen LogP contribution in [0.4, 0.5) is 11.6 Å². The molecule has 1 aliphatic carbocycles.